The Morgan fingerprint density at radius 1 is 0.929 bits per heavy atom. The molecule has 1 heterocycles. The first-order chi connectivity index (χ1) is 13.6. The first-order valence-corrected chi connectivity index (χ1v) is 9.11. The molecule has 0 saturated carbocycles. The molecule has 0 fully saturated rings. The summed E-state index contributed by atoms with van der Waals surface area (Å²) in [6.07, 6.45) is 2.81. The summed E-state index contributed by atoms with van der Waals surface area (Å²) < 4.78 is 17.9. The fraction of sp³-hybridized carbons (Fsp3) is 0.273. The second-order valence-corrected chi connectivity index (χ2v) is 6.75. The van der Waals surface area contributed by atoms with Gasteiger partial charge in [-0.2, -0.15) is 5.10 Å². The summed E-state index contributed by atoms with van der Waals surface area (Å²) in [5.41, 5.74) is 3.52. The number of fused-ring (bicyclic) bond motifs is 1. The fourth-order valence-corrected chi connectivity index (χ4v) is 3.76. The van der Waals surface area contributed by atoms with E-state index in [2.05, 4.69) is 5.10 Å². The van der Waals surface area contributed by atoms with Crippen LogP contribution in [0.2, 0.25) is 0 Å². The second-order valence-electron chi connectivity index (χ2n) is 6.75. The van der Waals surface area contributed by atoms with Crippen molar-refractivity contribution in [3.05, 3.63) is 65.5 Å². The van der Waals surface area contributed by atoms with E-state index in [1.54, 1.807) is 27.5 Å². The Labute approximate surface area is 163 Å². The Hall–Kier alpha value is -3.28. The molecular weight excluding hydrogens is 356 g/mol. The summed E-state index contributed by atoms with van der Waals surface area (Å²) in [6.45, 7) is 0. The predicted molar refractivity (Wildman–Crippen MR) is 105 cm³/mol. The Kier molecular flexibility index (Phi) is 4.77. The molecule has 0 bridgehead atoms. The van der Waals surface area contributed by atoms with Gasteiger partial charge in [0.1, 0.15) is 17.2 Å². The second kappa shape index (κ2) is 7.38. The first kappa shape index (κ1) is 18.1. The van der Waals surface area contributed by atoms with Gasteiger partial charge in [-0.1, -0.05) is 6.07 Å². The highest BCUT2D eigenvalue weighted by molar-refractivity contribution is 5.98. The Morgan fingerprint density at radius 3 is 2.32 bits per heavy atom. The molecule has 4 rings (SSSR count). The van der Waals surface area contributed by atoms with Crippen LogP contribution in [0.1, 0.15) is 34.0 Å². The molecule has 1 atom stereocenters. The van der Waals surface area contributed by atoms with Crippen LogP contribution >= 0.6 is 0 Å². The molecule has 1 aliphatic rings. The van der Waals surface area contributed by atoms with Crippen LogP contribution in [0.25, 0.3) is 5.69 Å². The van der Waals surface area contributed by atoms with Crippen molar-refractivity contribution in [2.75, 3.05) is 21.3 Å². The number of hydrogen-bond acceptors (Lipinski definition) is 5. The third-order valence-corrected chi connectivity index (χ3v) is 5.24. The molecule has 2 aromatic carbocycles. The molecule has 0 saturated heterocycles. The minimum absolute atomic E-state index is 0.0227. The molecule has 0 unspecified atom stereocenters. The zero-order chi connectivity index (χ0) is 19.7. The van der Waals surface area contributed by atoms with Crippen molar-refractivity contribution in [3.8, 4) is 22.9 Å². The molecule has 0 amide bonds. The van der Waals surface area contributed by atoms with Crippen molar-refractivity contribution in [1.29, 1.82) is 0 Å². The average Bonchev–Trinajstić information content (AvgIpc) is 3.17. The number of benzene rings is 2. The van der Waals surface area contributed by atoms with Crippen LogP contribution in [0.4, 0.5) is 0 Å². The van der Waals surface area contributed by atoms with Crippen molar-refractivity contribution in [1.82, 2.24) is 9.78 Å². The van der Waals surface area contributed by atoms with Gasteiger partial charge in [-0.05, 0) is 42.3 Å². The molecule has 1 aromatic heterocycles. The lowest BCUT2D eigenvalue weighted by molar-refractivity contribution is 0.0963. The van der Waals surface area contributed by atoms with Gasteiger partial charge in [0.25, 0.3) is 0 Å². The maximum Gasteiger partial charge on any atom is 0.166 e. The number of ketones is 1. The van der Waals surface area contributed by atoms with Crippen molar-refractivity contribution < 1.29 is 19.0 Å². The minimum Gasteiger partial charge on any atom is -0.497 e. The SMILES string of the molecule is COc1ccc(-n2ncc3c2C[C@@H](c2ccc(OC)cc2OC)CC3=O)cc1. The number of ether oxygens (including phenoxy) is 3. The van der Waals surface area contributed by atoms with E-state index in [4.69, 9.17) is 14.2 Å². The number of carbonyl (C=O) groups is 1. The number of Topliss-reactive ketones (excluding diaryl/α,β-unsaturated/α-hetero) is 1. The summed E-state index contributed by atoms with van der Waals surface area (Å²) >= 11 is 0. The number of carbonyl (C=O) groups excluding carboxylic acids is 1. The topological polar surface area (TPSA) is 62.6 Å². The molecule has 0 N–H and O–H groups in total. The van der Waals surface area contributed by atoms with Gasteiger partial charge < -0.3 is 14.2 Å². The van der Waals surface area contributed by atoms with Crippen molar-refractivity contribution in [2.24, 2.45) is 0 Å². The lowest BCUT2D eigenvalue weighted by Gasteiger charge is -2.24. The van der Waals surface area contributed by atoms with E-state index >= 15 is 0 Å². The van der Waals surface area contributed by atoms with Gasteiger partial charge in [0.15, 0.2) is 5.78 Å². The smallest absolute Gasteiger partial charge is 0.166 e. The van der Waals surface area contributed by atoms with Gasteiger partial charge in [-0.25, -0.2) is 4.68 Å². The quantitative estimate of drug-likeness (QED) is 0.676. The summed E-state index contributed by atoms with van der Waals surface area (Å²) in [6, 6.07) is 13.4. The normalized spacial score (nSPS) is 15.8. The number of nitrogens with zero attached hydrogens (tertiary/aromatic N) is 2. The summed E-state index contributed by atoms with van der Waals surface area (Å²) in [4.78, 5) is 12.8. The van der Waals surface area contributed by atoms with E-state index in [0.29, 0.717) is 18.4 Å². The Morgan fingerprint density at radius 2 is 1.64 bits per heavy atom. The number of methoxy groups -OCH3 is 3. The van der Waals surface area contributed by atoms with E-state index in [-0.39, 0.29) is 11.7 Å². The van der Waals surface area contributed by atoms with E-state index in [9.17, 15) is 4.79 Å². The third kappa shape index (κ3) is 3.11. The Bertz CT molecular complexity index is 1010. The highest BCUT2D eigenvalue weighted by Gasteiger charge is 2.31. The van der Waals surface area contributed by atoms with Gasteiger partial charge in [0, 0.05) is 18.4 Å². The van der Waals surface area contributed by atoms with E-state index in [1.165, 1.54) is 0 Å². The molecule has 0 aliphatic heterocycles. The summed E-state index contributed by atoms with van der Waals surface area (Å²) in [7, 11) is 4.89. The zero-order valence-corrected chi connectivity index (χ0v) is 16.1. The monoisotopic (exact) mass is 378 g/mol. The van der Waals surface area contributed by atoms with Gasteiger partial charge in [-0.3, -0.25) is 4.79 Å². The maximum absolute atomic E-state index is 12.8. The largest absolute Gasteiger partial charge is 0.497 e. The van der Waals surface area contributed by atoms with Crippen LogP contribution in [0, 0.1) is 0 Å². The Balaban J connectivity index is 1.71. The fourth-order valence-electron chi connectivity index (χ4n) is 3.76. The number of hydrogen-bond donors (Lipinski definition) is 0. The standard InChI is InChI=1S/C22H22N2O4/c1-26-16-6-4-15(5-7-16)24-20-10-14(11-21(25)19(20)13-23-24)18-9-8-17(27-2)12-22(18)28-3/h4-9,12-14H,10-11H2,1-3H3/t14-/m1/s1. The zero-order valence-electron chi connectivity index (χ0n) is 16.1. The van der Waals surface area contributed by atoms with Gasteiger partial charge in [0.2, 0.25) is 0 Å². The van der Waals surface area contributed by atoms with E-state index in [0.717, 1.165) is 34.2 Å². The highest BCUT2D eigenvalue weighted by atomic mass is 16.5. The maximum atomic E-state index is 12.8. The number of rotatable bonds is 5. The molecule has 6 nitrogen and oxygen atoms in total. The molecule has 1 aliphatic carbocycles. The molecule has 144 valence electrons. The molecule has 3 aromatic rings. The minimum atomic E-state index is 0.0227. The van der Waals surface area contributed by atoms with Gasteiger partial charge in [-0.15, -0.1) is 0 Å². The highest BCUT2D eigenvalue weighted by Crippen LogP contribution is 2.39. The van der Waals surface area contributed by atoms with Crippen molar-refractivity contribution in [2.45, 2.75) is 18.8 Å². The van der Waals surface area contributed by atoms with Crippen LogP contribution in [0.5, 0.6) is 17.2 Å². The summed E-state index contributed by atoms with van der Waals surface area (Å²) in [5, 5.41) is 4.48. The number of aromatic nitrogens is 2. The lowest BCUT2D eigenvalue weighted by Crippen LogP contribution is -2.20. The van der Waals surface area contributed by atoms with Crippen LogP contribution in [0.3, 0.4) is 0 Å². The summed E-state index contributed by atoms with van der Waals surface area (Å²) in [5.74, 6) is 2.36. The average molecular weight is 378 g/mol. The first-order valence-electron chi connectivity index (χ1n) is 9.11. The molecule has 0 radical (unpaired) electrons. The molecular formula is C22H22N2O4. The van der Waals surface area contributed by atoms with Crippen molar-refractivity contribution >= 4 is 5.78 Å². The van der Waals surface area contributed by atoms with Crippen molar-refractivity contribution in [3.63, 3.8) is 0 Å². The van der Waals surface area contributed by atoms with Crippen LogP contribution in [-0.2, 0) is 6.42 Å². The van der Waals surface area contributed by atoms with E-state index < -0.39 is 0 Å². The molecule has 0 spiro atoms. The molecule has 6 heteroatoms. The third-order valence-electron chi connectivity index (χ3n) is 5.24. The predicted octanol–water partition coefficient (Wildman–Crippen LogP) is 3.81. The lowest BCUT2D eigenvalue weighted by atomic mass is 9.82. The molecule has 28 heavy (non-hydrogen) atoms. The van der Waals surface area contributed by atoms with Crippen LogP contribution in [-0.4, -0.2) is 36.9 Å². The van der Waals surface area contributed by atoms with E-state index in [1.807, 2.05) is 47.1 Å². The van der Waals surface area contributed by atoms with Gasteiger partial charge >= 0.3 is 0 Å². The van der Waals surface area contributed by atoms with Gasteiger partial charge in [0.05, 0.1) is 44.5 Å². The van der Waals surface area contributed by atoms with Crippen LogP contribution in [0.15, 0.2) is 48.7 Å². The van der Waals surface area contributed by atoms with Crippen LogP contribution < -0.4 is 14.2 Å².